The van der Waals surface area contributed by atoms with E-state index in [1.165, 1.54) is 18.4 Å². The first kappa shape index (κ1) is 22.7. The monoisotopic (exact) mass is 438 g/mol. The van der Waals surface area contributed by atoms with Gasteiger partial charge in [0.2, 0.25) is 0 Å². The van der Waals surface area contributed by atoms with E-state index in [1.54, 1.807) is 0 Å². The number of nitrogens with zero attached hydrogens (tertiary/aromatic N) is 1. The van der Waals surface area contributed by atoms with Crippen molar-refractivity contribution in [2.45, 2.75) is 77.5 Å². The topological polar surface area (TPSA) is 80.7 Å². The van der Waals surface area contributed by atoms with Crippen LogP contribution >= 0.6 is 0 Å². The number of nitrogens with one attached hydrogen (secondary N) is 1. The van der Waals surface area contributed by atoms with Crippen LogP contribution < -0.4 is 5.32 Å². The Hall–Kier alpha value is -2.44. The molecule has 2 heterocycles. The zero-order chi connectivity index (χ0) is 22.7. The summed E-state index contributed by atoms with van der Waals surface area (Å²) in [6.07, 6.45) is 5.84. The highest BCUT2D eigenvalue weighted by Crippen LogP contribution is 2.34. The summed E-state index contributed by atoms with van der Waals surface area (Å²) in [6, 6.07) is 8.27. The molecule has 6 nitrogen and oxygen atoms in total. The molecule has 1 aliphatic carbocycles. The van der Waals surface area contributed by atoms with E-state index in [0.29, 0.717) is 38.8 Å². The van der Waals surface area contributed by atoms with E-state index in [2.05, 4.69) is 37.4 Å². The minimum absolute atomic E-state index is 0.299. The Morgan fingerprint density at radius 3 is 2.53 bits per heavy atom. The first-order chi connectivity index (χ1) is 15.4. The van der Waals surface area contributed by atoms with Gasteiger partial charge in [0.05, 0.1) is 18.4 Å². The van der Waals surface area contributed by atoms with Crippen LogP contribution in [-0.4, -0.2) is 40.9 Å². The molecule has 0 atom stereocenters. The number of hydrogen-bond donors (Lipinski definition) is 2. The smallest absolute Gasteiger partial charge is 0.329 e. The molecule has 2 aromatic rings. The van der Waals surface area contributed by atoms with Crippen molar-refractivity contribution in [3.63, 3.8) is 0 Å². The van der Waals surface area contributed by atoms with Crippen LogP contribution in [0.5, 0.6) is 0 Å². The van der Waals surface area contributed by atoms with Crippen molar-refractivity contribution in [1.82, 2.24) is 4.98 Å². The van der Waals surface area contributed by atoms with Crippen molar-refractivity contribution >= 4 is 11.7 Å². The molecule has 1 aliphatic heterocycles. The fraction of sp³-hybridized carbons (Fsp3) is 0.538. The summed E-state index contributed by atoms with van der Waals surface area (Å²) >= 11 is 0. The number of ether oxygens (including phenoxy) is 2. The van der Waals surface area contributed by atoms with E-state index < -0.39 is 11.5 Å². The number of carboxylic acids is 1. The lowest BCUT2D eigenvalue weighted by molar-refractivity contribution is -0.145. The van der Waals surface area contributed by atoms with Crippen molar-refractivity contribution in [3.05, 3.63) is 46.6 Å². The molecule has 172 valence electrons. The van der Waals surface area contributed by atoms with Crippen molar-refractivity contribution in [1.29, 1.82) is 0 Å². The highest BCUT2D eigenvalue weighted by atomic mass is 16.5. The third-order valence-electron chi connectivity index (χ3n) is 6.69. The quantitative estimate of drug-likeness (QED) is 0.620. The first-order valence-electron chi connectivity index (χ1n) is 11.7. The number of rotatable bonds is 7. The van der Waals surface area contributed by atoms with Crippen LogP contribution in [0.25, 0.3) is 11.3 Å². The van der Waals surface area contributed by atoms with Gasteiger partial charge in [0, 0.05) is 43.0 Å². The minimum Gasteiger partial charge on any atom is -0.480 e. The number of aliphatic carboxylic acids is 1. The summed E-state index contributed by atoms with van der Waals surface area (Å²) in [5.41, 5.74) is 6.08. The second-order valence-electron chi connectivity index (χ2n) is 9.34. The number of carboxylic acid groups (broad SMARTS) is 1. The van der Waals surface area contributed by atoms with E-state index in [0.717, 1.165) is 46.6 Å². The number of hydrogen-bond acceptors (Lipinski definition) is 5. The number of carbonyl (C=O) groups is 1. The molecule has 0 bridgehead atoms. The lowest BCUT2D eigenvalue weighted by atomic mass is 9.89. The normalized spacial score (nSPS) is 18.6. The summed E-state index contributed by atoms with van der Waals surface area (Å²) in [4.78, 5) is 17.0. The molecular formula is C26H34N2O4. The van der Waals surface area contributed by atoms with E-state index in [-0.39, 0.29) is 0 Å². The number of aryl methyl sites for hydroxylation is 3. The van der Waals surface area contributed by atoms with Gasteiger partial charge in [0.25, 0.3) is 0 Å². The summed E-state index contributed by atoms with van der Waals surface area (Å²) in [6.45, 7) is 7.55. The molecule has 0 unspecified atom stereocenters. The molecule has 0 amide bonds. The van der Waals surface area contributed by atoms with Crippen molar-refractivity contribution in [2.24, 2.45) is 0 Å². The highest BCUT2D eigenvalue weighted by molar-refractivity contribution is 5.83. The van der Waals surface area contributed by atoms with Gasteiger partial charge >= 0.3 is 5.97 Å². The molecule has 2 fully saturated rings. The summed E-state index contributed by atoms with van der Waals surface area (Å²) in [5, 5.41) is 13.3. The second kappa shape index (κ2) is 9.59. The molecule has 0 spiro atoms. The fourth-order valence-electron chi connectivity index (χ4n) is 5.03. The van der Waals surface area contributed by atoms with Crippen molar-refractivity contribution in [3.8, 4) is 11.3 Å². The average Bonchev–Trinajstić information content (AvgIpc) is 3.25. The zero-order valence-electron chi connectivity index (χ0n) is 19.4. The zero-order valence-corrected chi connectivity index (χ0v) is 19.4. The number of aromatic nitrogens is 1. The van der Waals surface area contributed by atoms with Crippen LogP contribution in [-0.2, 0) is 20.9 Å². The third-order valence-corrected chi connectivity index (χ3v) is 6.69. The maximum atomic E-state index is 12.2. The van der Waals surface area contributed by atoms with Crippen LogP contribution in [0.1, 0.15) is 60.9 Å². The van der Waals surface area contributed by atoms with Crippen LogP contribution in [0.2, 0.25) is 0 Å². The average molecular weight is 439 g/mol. The van der Waals surface area contributed by atoms with Gasteiger partial charge in [-0.3, -0.25) is 4.98 Å². The molecule has 1 saturated carbocycles. The van der Waals surface area contributed by atoms with Gasteiger partial charge in [-0.2, -0.15) is 0 Å². The SMILES string of the molecule is Cc1cc(C)nc(-c2c(C)cc(NC3(C(=O)O)CCOCC3)cc2COC2CCCC2)c1. The van der Waals surface area contributed by atoms with Gasteiger partial charge in [0.15, 0.2) is 0 Å². The van der Waals surface area contributed by atoms with Crippen LogP contribution in [0, 0.1) is 20.8 Å². The van der Waals surface area contributed by atoms with Gasteiger partial charge in [-0.05, 0) is 74.6 Å². The van der Waals surface area contributed by atoms with Gasteiger partial charge in [-0.15, -0.1) is 0 Å². The Morgan fingerprint density at radius 1 is 1.16 bits per heavy atom. The minimum atomic E-state index is -1.01. The summed E-state index contributed by atoms with van der Waals surface area (Å²) in [7, 11) is 0. The first-order valence-corrected chi connectivity index (χ1v) is 11.7. The molecule has 6 heteroatoms. The van der Waals surface area contributed by atoms with Gasteiger partial charge in [0.1, 0.15) is 5.54 Å². The maximum absolute atomic E-state index is 12.2. The predicted molar refractivity (Wildman–Crippen MR) is 125 cm³/mol. The summed E-state index contributed by atoms with van der Waals surface area (Å²) < 4.78 is 11.7. The summed E-state index contributed by atoms with van der Waals surface area (Å²) in [5.74, 6) is -0.831. The molecule has 32 heavy (non-hydrogen) atoms. The van der Waals surface area contributed by atoms with E-state index in [1.807, 2.05) is 13.0 Å². The Kier molecular flexibility index (Phi) is 6.82. The molecule has 2 aliphatic rings. The molecule has 1 aromatic heterocycles. The Morgan fingerprint density at radius 2 is 1.88 bits per heavy atom. The molecule has 4 rings (SSSR count). The molecule has 1 aromatic carbocycles. The second-order valence-corrected chi connectivity index (χ2v) is 9.34. The van der Waals surface area contributed by atoms with Crippen molar-refractivity contribution in [2.75, 3.05) is 18.5 Å². The third kappa shape index (κ3) is 4.97. The van der Waals surface area contributed by atoms with E-state index in [9.17, 15) is 9.90 Å². The Labute approximate surface area is 190 Å². The van der Waals surface area contributed by atoms with Crippen LogP contribution in [0.4, 0.5) is 5.69 Å². The van der Waals surface area contributed by atoms with E-state index >= 15 is 0 Å². The Bertz CT molecular complexity index is 956. The van der Waals surface area contributed by atoms with Crippen LogP contribution in [0.3, 0.4) is 0 Å². The molecule has 2 N–H and O–H groups in total. The van der Waals surface area contributed by atoms with Gasteiger partial charge in [-0.1, -0.05) is 12.8 Å². The van der Waals surface area contributed by atoms with E-state index in [4.69, 9.17) is 14.5 Å². The fourth-order valence-corrected chi connectivity index (χ4v) is 5.03. The van der Waals surface area contributed by atoms with Crippen molar-refractivity contribution < 1.29 is 19.4 Å². The predicted octanol–water partition coefficient (Wildman–Crippen LogP) is 5.18. The van der Waals surface area contributed by atoms with Gasteiger partial charge < -0.3 is 19.9 Å². The molecular weight excluding hydrogens is 404 g/mol. The molecule has 0 radical (unpaired) electrons. The standard InChI is InChI=1S/C26H34N2O4/c1-17-12-19(3)27-23(13-17)24-18(2)14-21(15-20(24)16-32-22-6-4-5-7-22)28-26(25(29)30)8-10-31-11-9-26/h12-15,22,28H,4-11,16H2,1-3H3,(H,29,30). The Balaban J connectivity index is 1.71. The molecule has 1 saturated heterocycles. The number of anilines is 1. The van der Waals surface area contributed by atoms with Crippen LogP contribution in [0.15, 0.2) is 24.3 Å². The highest BCUT2D eigenvalue weighted by Gasteiger charge is 2.40. The number of benzene rings is 1. The lowest BCUT2D eigenvalue weighted by Crippen LogP contribution is -2.50. The largest absolute Gasteiger partial charge is 0.480 e. The number of pyridine rings is 1. The maximum Gasteiger partial charge on any atom is 0.329 e. The lowest BCUT2D eigenvalue weighted by Gasteiger charge is -2.35. The van der Waals surface area contributed by atoms with Gasteiger partial charge in [-0.25, -0.2) is 4.79 Å².